The van der Waals surface area contributed by atoms with Crippen LogP contribution in [0.4, 0.5) is 13.2 Å². The predicted molar refractivity (Wildman–Crippen MR) is 60.0 cm³/mol. The van der Waals surface area contributed by atoms with E-state index in [9.17, 15) is 13.2 Å². The second-order valence-electron chi connectivity index (χ2n) is 4.49. The van der Waals surface area contributed by atoms with Gasteiger partial charge in [-0.25, -0.2) is 0 Å². The lowest BCUT2D eigenvalue weighted by Crippen LogP contribution is -2.44. The zero-order chi connectivity index (χ0) is 12.7. The van der Waals surface area contributed by atoms with Crippen molar-refractivity contribution in [2.45, 2.75) is 32.0 Å². The average molecular weight is 254 g/mol. The van der Waals surface area contributed by atoms with Gasteiger partial charge in [0.1, 0.15) is 0 Å². The summed E-state index contributed by atoms with van der Waals surface area (Å²) in [4.78, 5) is 2.27. The molecule has 0 bridgehead atoms. The number of nitrogens with one attached hydrogen (secondary N) is 1. The first-order valence-electron chi connectivity index (χ1n) is 6.07. The topological polar surface area (TPSA) is 24.5 Å². The van der Waals surface area contributed by atoms with Crippen LogP contribution in [0.3, 0.4) is 0 Å². The molecule has 0 aromatic carbocycles. The van der Waals surface area contributed by atoms with E-state index in [4.69, 9.17) is 4.74 Å². The second-order valence-corrected chi connectivity index (χ2v) is 4.49. The summed E-state index contributed by atoms with van der Waals surface area (Å²) in [5.41, 5.74) is 0. The molecule has 0 spiro atoms. The number of nitrogens with zero attached hydrogens (tertiary/aromatic N) is 1. The fraction of sp³-hybridized carbons (Fsp3) is 1.00. The molecule has 1 saturated heterocycles. The molecule has 17 heavy (non-hydrogen) atoms. The molecule has 1 fully saturated rings. The summed E-state index contributed by atoms with van der Waals surface area (Å²) in [5, 5.41) is 3.12. The fourth-order valence-electron chi connectivity index (χ4n) is 1.87. The standard InChI is InChI=1S/C11H21F3N2O/c1-10(9-16-5-7-17-8-6-16)15-4-2-3-11(12,13)14/h10,15H,2-9H2,1H3. The highest BCUT2D eigenvalue weighted by molar-refractivity contribution is 4.70. The van der Waals surface area contributed by atoms with E-state index >= 15 is 0 Å². The van der Waals surface area contributed by atoms with Gasteiger partial charge in [0, 0.05) is 32.1 Å². The zero-order valence-electron chi connectivity index (χ0n) is 10.2. The van der Waals surface area contributed by atoms with E-state index in [1.807, 2.05) is 6.92 Å². The third-order valence-electron chi connectivity index (χ3n) is 2.77. The molecule has 1 atom stereocenters. The van der Waals surface area contributed by atoms with Crippen LogP contribution in [-0.2, 0) is 4.74 Å². The number of hydrogen-bond donors (Lipinski definition) is 1. The molecule has 6 heteroatoms. The molecule has 3 nitrogen and oxygen atoms in total. The van der Waals surface area contributed by atoms with Gasteiger partial charge in [0.2, 0.25) is 0 Å². The Kier molecular flexibility index (Phi) is 6.22. The van der Waals surface area contributed by atoms with Crippen LogP contribution >= 0.6 is 0 Å². The number of alkyl halides is 3. The average Bonchev–Trinajstić information content (AvgIpc) is 2.25. The maximum atomic E-state index is 11.9. The molecule has 0 aromatic heterocycles. The fourth-order valence-corrected chi connectivity index (χ4v) is 1.87. The van der Waals surface area contributed by atoms with Gasteiger partial charge in [0.25, 0.3) is 0 Å². The largest absolute Gasteiger partial charge is 0.389 e. The van der Waals surface area contributed by atoms with E-state index in [0.29, 0.717) is 6.54 Å². The number of ether oxygens (including phenoxy) is 1. The summed E-state index contributed by atoms with van der Waals surface area (Å²) in [6, 6.07) is 0.223. The van der Waals surface area contributed by atoms with E-state index in [1.165, 1.54) is 0 Å². The van der Waals surface area contributed by atoms with Crippen molar-refractivity contribution in [1.29, 1.82) is 0 Å². The lowest BCUT2D eigenvalue weighted by atomic mass is 10.2. The Morgan fingerprint density at radius 1 is 1.29 bits per heavy atom. The smallest absolute Gasteiger partial charge is 0.379 e. The highest BCUT2D eigenvalue weighted by atomic mass is 19.4. The summed E-state index contributed by atoms with van der Waals surface area (Å²) in [5.74, 6) is 0. The first-order valence-corrected chi connectivity index (χ1v) is 6.07. The molecule has 0 saturated carbocycles. The van der Waals surface area contributed by atoms with Crippen molar-refractivity contribution in [3.05, 3.63) is 0 Å². The highest BCUT2D eigenvalue weighted by Gasteiger charge is 2.25. The van der Waals surface area contributed by atoms with E-state index in [0.717, 1.165) is 32.8 Å². The molecule has 1 aliphatic heterocycles. The van der Waals surface area contributed by atoms with Gasteiger partial charge in [0.15, 0.2) is 0 Å². The normalized spacial score (nSPS) is 20.5. The van der Waals surface area contributed by atoms with Crippen molar-refractivity contribution >= 4 is 0 Å². The van der Waals surface area contributed by atoms with Crippen LogP contribution in [0.1, 0.15) is 19.8 Å². The summed E-state index contributed by atoms with van der Waals surface area (Å²) in [6.45, 7) is 6.62. The third-order valence-corrected chi connectivity index (χ3v) is 2.77. The number of rotatable bonds is 6. The highest BCUT2D eigenvalue weighted by Crippen LogP contribution is 2.20. The summed E-state index contributed by atoms with van der Waals surface area (Å²) in [7, 11) is 0. The number of morpholine rings is 1. The number of hydrogen-bond acceptors (Lipinski definition) is 3. The van der Waals surface area contributed by atoms with Crippen LogP contribution in [-0.4, -0.2) is 56.5 Å². The SMILES string of the molecule is CC(CN1CCOCC1)NCCCC(F)(F)F. The minimum atomic E-state index is -4.03. The van der Waals surface area contributed by atoms with Gasteiger partial charge < -0.3 is 10.1 Å². The maximum absolute atomic E-state index is 11.9. The monoisotopic (exact) mass is 254 g/mol. The Morgan fingerprint density at radius 2 is 1.94 bits per heavy atom. The van der Waals surface area contributed by atoms with Crippen LogP contribution in [0.5, 0.6) is 0 Å². The van der Waals surface area contributed by atoms with Crippen LogP contribution in [0.25, 0.3) is 0 Å². The lowest BCUT2D eigenvalue weighted by Gasteiger charge is -2.29. The molecule has 1 unspecified atom stereocenters. The van der Waals surface area contributed by atoms with Gasteiger partial charge in [-0.3, -0.25) is 4.90 Å². The van der Waals surface area contributed by atoms with Crippen LogP contribution in [0.2, 0.25) is 0 Å². The Hall–Kier alpha value is -0.330. The van der Waals surface area contributed by atoms with E-state index in [2.05, 4.69) is 10.2 Å². The molecule has 1 heterocycles. The first kappa shape index (κ1) is 14.7. The molecule has 1 aliphatic rings. The predicted octanol–water partition coefficient (Wildman–Crippen LogP) is 1.64. The summed E-state index contributed by atoms with van der Waals surface area (Å²) >= 11 is 0. The molecule has 0 aromatic rings. The van der Waals surface area contributed by atoms with Crippen molar-refractivity contribution < 1.29 is 17.9 Å². The minimum absolute atomic E-state index is 0.150. The third kappa shape index (κ3) is 7.57. The van der Waals surface area contributed by atoms with Gasteiger partial charge in [-0.2, -0.15) is 13.2 Å². The Labute approximate surface area is 100 Å². The van der Waals surface area contributed by atoms with Crippen molar-refractivity contribution in [2.24, 2.45) is 0 Å². The van der Waals surface area contributed by atoms with Crippen LogP contribution < -0.4 is 5.32 Å². The quantitative estimate of drug-likeness (QED) is 0.729. The van der Waals surface area contributed by atoms with Crippen molar-refractivity contribution in [3.8, 4) is 0 Å². The Balaban J connectivity index is 2.02. The van der Waals surface area contributed by atoms with Gasteiger partial charge in [0.05, 0.1) is 13.2 Å². The maximum Gasteiger partial charge on any atom is 0.389 e. The van der Waals surface area contributed by atoms with Gasteiger partial charge in [-0.05, 0) is 19.9 Å². The minimum Gasteiger partial charge on any atom is -0.379 e. The Bertz CT molecular complexity index is 205. The molecular formula is C11H21F3N2O. The van der Waals surface area contributed by atoms with Crippen molar-refractivity contribution in [2.75, 3.05) is 39.4 Å². The van der Waals surface area contributed by atoms with Crippen molar-refractivity contribution in [3.63, 3.8) is 0 Å². The number of halogens is 3. The molecule has 0 aliphatic carbocycles. The Morgan fingerprint density at radius 3 is 2.53 bits per heavy atom. The van der Waals surface area contributed by atoms with Gasteiger partial charge in [-0.1, -0.05) is 0 Å². The first-order chi connectivity index (χ1) is 7.97. The molecule has 102 valence electrons. The van der Waals surface area contributed by atoms with Gasteiger partial charge in [-0.15, -0.1) is 0 Å². The molecule has 0 radical (unpaired) electrons. The molecule has 1 N–H and O–H groups in total. The lowest BCUT2D eigenvalue weighted by molar-refractivity contribution is -0.135. The zero-order valence-corrected chi connectivity index (χ0v) is 10.2. The van der Waals surface area contributed by atoms with E-state index in [-0.39, 0.29) is 12.5 Å². The molecular weight excluding hydrogens is 233 g/mol. The van der Waals surface area contributed by atoms with Crippen LogP contribution in [0.15, 0.2) is 0 Å². The van der Waals surface area contributed by atoms with Gasteiger partial charge >= 0.3 is 6.18 Å². The van der Waals surface area contributed by atoms with Crippen molar-refractivity contribution in [1.82, 2.24) is 10.2 Å². The molecule has 1 rings (SSSR count). The summed E-state index contributed by atoms with van der Waals surface area (Å²) in [6.07, 6.45) is -4.59. The van der Waals surface area contributed by atoms with E-state index < -0.39 is 12.6 Å². The molecule has 0 amide bonds. The second kappa shape index (κ2) is 7.18. The van der Waals surface area contributed by atoms with E-state index in [1.54, 1.807) is 0 Å². The van der Waals surface area contributed by atoms with Crippen LogP contribution in [0, 0.1) is 0 Å². The summed E-state index contributed by atoms with van der Waals surface area (Å²) < 4.78 is 40.9.